The molecule has 7 heteroatoms. The van der Waals surface area contributed by atoms with Crippen LogP contribution in [0, 0.1) is 34.5 Å². The van der Waals surface area contributed by atoms with Crippen molar-refractivity contribution in [3.8, 4) is 6.07 Å². The third kappa shape index (κ3) is 10.4. The Morgan fingerprint density at radius 2 is 1.49 bits per heavy atom. The molecule has 3 aliphatic rings. The molecule has 0 N–H and O–H groups in total. The van der Waals surface area contributed by atoms with E-state index >= 15 is 0 Å². The second-order valence-electron chi connectivity index (χ2n) is 19.4. The van der Waals surface area contributed by atoms with Gasteiger partial charge in [0, 0.05) is 13.2 Å². The predicted octanol–water partition coefficient (Wildman–Crippen LogP) is 12.1. The summed E-state index contributed by atoms with van der Waals surface area (Å²) in [5.74, 6) is 1.86. The van der Waals surface area contributed by atoms with E-state index < -0.39 is 16.6 Å². The quantitative estimate of drug-likeness (QED) is 0.0873. The van der Waals surface area contributed by atoms with Crippen molar-refractivity contribution in [2.75, 3.05) is 13.9 Å². The third-order valence-corrected chi connectivity index (χ3v) is 22.2. The second kappa shape index (κ2) is 16.2. The van der Waals surface area contributed by atoms with Crippen molar-refractivity contribution in [3.05, 3.63) is 47.1 Å². The van der Waals surface area contributed by atoms with E-state index in [-0.39, 0.29) is 27.9 Å². The van der Waals surface area contributed by atoms with Crippen LogP contribution < -0.4 is 0 Å². The molecule has 3 fully saturated rings. The largest absolute Gasteiger partial charge is 0.410 e. The zero-order valence-electron chi connectivity index (χ0n) is 34.2. The summed E-state index contributed by atoms with van der Waals surface area (Å²) in [7, 11) is -2.52. The summed E-state index contributed by atoms with van der Waals surface area (Å²) in [5.41, 5.74) is 4.17. The molecule has 0 bridgehead atoms. The first-order valence-corrected chi connectivity index (χ1v) is 24.9. The van der Waals surface area contributed by atoms with E-state index in [2.05, 4.69) is 126 Å². The first kappa shape index (κ1) is 42.1. The van der Waals surface area contributed by atoms with Gasteiger partial charge in [-0.15, -0.1) is 0 Å². The molecule has 0 radical (unpaired) electrons. The van der Waals surface area contributed by atoms with Gasteiger partial charge in [0.2, 0.25) is 0 Å². The average Bonchev–Trinajstić information content (AvgIpc) is 3.32. The van der Waals surface area contributed by atoms with Gasteiger partial charge in [-0.2, -0.15) is 5.26 Å². The molecular weight excluding hydrogens is 639 g/mol. The standard InChI is InChI=1S/C42H73NO4Si2/c1-31(18-16-25-41(8,9)45-30-44-11)35-22-23-36-33(19-17-26-42(35,36)10)21-20-32-28-37(46-48(12,13)39(2,3)4)34(24-27-43)38(29-32)47-49(14,15)40(5,6)7/h16,18,20-21,24,31,35-38H,17,19,22-23,25-26,28-30H2,1-15H3/b18-16+,32-20?,33-21+,34-24?/t31-,35?,36?,37-,38+,42?/m1/s1. The Kier molecular flexibility index (Phi) is 13.9. The molecule has 49 heavy (non-hydrogen) atoms. The first-order chi connectivity index (χ1) is 22.5. The van der Waals surface area contributed by atoms with Gasteiger partial charge >= 0.3 is 0 Å². The Balaban J connectivity index is 1.90. The summed E-state index contributed by atoms with van der Waals surface area (Å²) in [4.78, 5) is 0. The zero-order chi connectivity index (χ0) is 37.1. The van der Waals surface area contributed by atoms with Crippen LogP contribution in [0.3, 0.4) is 0 Å². The number of fused-ring (bicyclic) bond motifs is 1. The number of ether oxygens (including phenoxy) is 2. The molecule has 278 valence electrons. The van der Waals surface area contributed by atoms with E-state index in [9.17, 15) is 5.26 Å². The van der Waals surface area contributed by atoms with Crippen LogP contribution in [-0.2, 0) is 18.3 Å². The topological polar surface area (TPSA) is 60.7 Å². The molecule has 0 saturated heterocycles. The molecular formula is C42H73NO4Si2. The number of nitriles is 1. The minimum atomic E-state index is -2.10. The lowest BCUT2D eigenvalue weighted by Gasteiger charge is -2.46. The first-order valence-electron chi connectivity index (χ1n) is 19.1. The molecule has 5 nitrogen and oxygen atoms in total. The van der Waals surface area contributed by atoms with Crippen LogP contribution >= 0.6 is 0 Å². The van der Waals surface area contributed by atoms with Crippen molar-refractivity contribution in [3.63, 3.8) is 0 Å². The summed E-state index contributed by atoms with van der Waals surface area (Å²) < 4.78 is 25.3. The lowest BCUT2D eigenvalue weighted by molar-refractivity contribution is -0.112. The van der Waals surface area contributed by atoms with Crippen LogP contribution in [0.15, 0.2) is 47.1 Å². The lowest BCUT2D eigenvalue weighted by Crippen LogP contribution is -2.50. The van der Waals surface area contributed by atoms with Gasteiger partial charge < -0.3 is 18.3 Å². The van der Waals surface area contributed by atoms with Gasteiger partial charge in [-0.05, 0) is 130 Å². The fourth-order valence-electron chi connectivity index (χ4n) is 8.03. The van der Waals surface area contributed by atoms with Gasteiger partial charge in [0.25, 0.3) is 0 Å². The number of rotatable bonds is 12. The van der Waals surface area contributed by atoms with Gasteiger partial charge in [0.05, 0.1) is 23.9 Å². The fraction of sp³-hybridized carbons (Fsp3) is 0.786. The smallest absolute Gasteiger partial charge is 0.192 e. The van der Waals surface area contributed by atoms with Crippen molar-refractivity contribution < 1.29 is 18.3 Å². The van der Waals surface area contributed by atoms with E-state index in [1.807, 2.05) is 0 Å². The third-order valence-electron chi connectivity index (χ3n) is 13.2. The maximum absolute atomic E-state index is 9.94. The summed E-state index contributed by atoms with van der Waals surface area (Å²) in [6.07, 6.45) is 20.1. The Labute approximate surface area is 304 Å². The highest BCUT2D eigenvalue weighted by molar-refractivity contribution is 6.74. The lowest BCUT2D eigenvalue weighted by atomic mass is 9.61. The van der Waals surface area contributed by atoms with Crippen LogP contribution in [-0.4, -0.2) is 48.3 Å². The minimum absolute atomic E-state index is 0.0791. The average molecular weight is 712 g/mol. The van der Waals surface area contributed by atoms with Crippen molar-refractivity contribution in [2.24, 2.45) is 23.2 Å². The number of hydrogen-bond acceptors (Lipinski definition) is 5. The minimum Gasteiger partial charge on any atom is -0.410 e. The van der Waals surface area contributed by atoms with Crippen LogP contribution in [0.4, 0.5) is 0 Å². The highest BCUT2D eigenvalue weighted by atomic mass is 28.4. The Hall–Kier alpha value is -1.28. The predicted molar refractivity (Wildman–Crippen MR) is 211 cm³/mol. The van der Waals surface area contributed by atoms with Gasteiger partial charge in [-0.3, -0.25) is 0 Å². The molecule has 3 aliphatic carbocycles. The van der Waals surface area contributed by atoms with Crippen LogP contribution in [0.5, 0.6) is 0 Å². The maximum Gasteiger partial charge on any atom is 0.192 e. The molecule has 0 aromatic heterocycles. The van der Waals surface area contributed by atoms with Crippen molar-refractivity contribution in [1.82, 2.24) is 0 Å². The molecule has 0 aliphatic heterocycles. The van der Waals surface area contributed by atoms with Crippen LogP contribution in [0.1, 0.15) is 121 Å². The van der Waals surface area contributed by atoms with E-state index in [1.54, 1.807) is 18.8 Å². The normalized spacial score (nSPS) is 30.7. The van der Waals surface area contributed by atoms with Crippen molar-refractivity contribution in [2.45, 2.75) is 175 Å². The highest BCUT2D eigenvalue weighted by Crippen LogP contribution is 2.59. The van der Waals surface area contributed by atoms with Gasteiger partial charge in [0.1, 0.15) is 6.79 Å². The van der Waals surface area contributed by atoms with Crippen molar-refractivity contribution in [1.29, 1.82) is 5.26 Å². The van der Waals surface area contributed by atoms with E-state index in [0.717, 1.165) is 24.8 Å². The summed E-state index contributed by atoms with van der Waals surface area (Å²) >= 11 is 0. The Bertz CT molecular complexity index is 1250. The molecule has 3 unspecified atom stereocenters. The summed E-state index contributed by atoms with van der Waals surface area (Å²) in [6, 6.07) is 2.38. The Morgan fingerprint density at radius 3 is 2.00 bits per heavy atom. The Morgan fingerprint density at radius 1 is 0.918 bits per heavy atom. The molecule has 3 saturated carbocycles. The van der Waals surface area contributed by atoms with Crippen molar-refractivity contribution >= 4 is 16.6 Å². The molecule has 0 amide bonds. The molecule has 6 atom stereocenters. The van der Waals surface area contributed by atoms with Gasteiger partial charge in [-0.25, -0.2) is 0 Å². The molecule has 0 spiro atoms. The SMILES string of the molecule is COCOC(C)(C)C/C=C/[C@@H](C)C1CCC2/C(=C/C=C3C[C@H](O[Si](C)(C)C(C)(C)C)C(=CC#N)[C@H](O[Si](C)(C)C(C)(C)C)C3)CCCC21C. The molecule has 0 aromatic rings. The van der Waals surface area contributed by atoms with Crippen LogP contribution in [0.2, 0.25) is 36.3 Å². The van der Waals surface area contributed by atoms with Gasteiger partial charge in [0.15, 0.2) is 16.6 Å². The van der Waals surface area contributed by atoms with Crippen LogP contribution in [0.25, 0.3) is 0 Å². The monoisotopic (exact) mass is 712 g/mol. The number of hydrogen-bond donors (Lipinski definition) is 0. The van der Waals surface area contributed by atoms with E-state index in [4.69, 9.17) is 18.3 Å². The molecule has 0 heterocycles. The zero-order valence-corrected chi connectivity index (χ0v) is 36.2. The summed E-state index contributed by atoms with van der Waals surface area (Å²) in [6.45, 7) is 32.7. The fourth-order valence-corrected chi connectivity index (χ4v) is 10.6. The number of allylic oxidation sites excluding steroid dienone is 5. The number of nitrogens with zero attached hydrogens (tertiary/aromatic N) is 1. The number of methoxy groups -OCH3 is 1. The van der Waals surface area contributed by atoms with Gasteiger partial charge in [-0.1, -0.05) is 90.8 Å². The second-order valence-corrected chi connectivity index (χ2v) is 28.9. The summed E-state index contributed by atoms with van der Waals surface area (Å²) in [5, 5.41) is 10.1. The van der Waals surface area contributed by atoms with E-state index in [0.29, 0.717) is 30.0 Å². The highest BCUT2D eigenvalue weighted by Gasteiger charge is 2.50. The maximum atomic E-state index is 9.94. The molecule has 0 aromatic carbocycles. The van der Waals surface area contributed by atoms with E-state index in [1.165, 1.54) is 37.7 Å². The molecule has 3 rings (SSSR count).